The molecular formula is C19H18ClF3NO8P. The molecule has 2 aromatic rings. The first kappa shape index (κ1) is 26.4. The largest absolute Gasteiger partial charge is 0.473 e. The zero-order valence-electron chi connectivity index (χ0n) is 17.4. The Kier molecular flexibility index (Phi) is 8.34. The van der Waals surface area contributed by atoms with Gasteiger partial charge in [-0.2, -0.15) is 13.2 Å². The highest BCUT2D eigenvalue weighted by atomic mass is 35.5. The molecule has 0 aliphatic heterocycles. The highest BCUT2D eigenvalue weighted by Gasteiger charge is 2.32. The summed E-state index contributed by atoms with van der Waals surface area (Å²) >= 11 is 5.87. The van der Waals surface area contributed by atoms with E-state index >= 15 is 0 Å². The molecule has 0 amide bonds. The van der Waals surface area contributed by atoms with E-state index < -0.39 is 48.1 Å². The fourth-order valence-corrected chi connectivity index (χ4v) is 3.41. The minimum atomic E-state index is -4.60. The lowest BCUT2D eigenvalue weighted by atomic mass is 10.2. The van der Waals surface area contributed by atoms with Crippen molar-refractivity contribution in [3.8, 4) is 17.2 Å². The normalized spacial score (nSPS) is 14.2. The Morgan fingerprint density at radius 3 is 2.42 bits per heavy atom. The molecule has 0 spiro atoms. The van der Waals surface area contributed by atoms with Gasteiger partial charge < -0.3 is 18.7 Å². The third-order valence-electron chi connectivity index (χ3n) is 4.24. The molecule has 0 heterocycles. The summed E-state index contributed by atoms with van der Waals surface area (Å²) in [6, 6.07) is 5.74. The first-order chi connectivity index (χ1) is 15.2. The lowest BCUT2D eigenvalue weighted by molar-refractivity contribution is -0.386. The topological polar surface area (TPSA) is 114 Å². The Hall–Kier alpha value is -2.82. The lowest BCUT2D eigenvalue weighted by Crippen LogP contribution is -2.17. The van der Waals surface area contributed by atoms with Gasteiger partial charge in [0.1, 0.15) is 11.5 Å². The van der Waals surface area contributed by atoms with Crippen LogP contribution in [0.15, 0.2) is 36.4 Å². The predicted octanol–water partition coefficient (Wildman–Crippen LogP) is 5.88. The number of carbonyl (C=O) groups is 1. The maximum Gasteiger partial charge on any atom is 0.416 e. The second-order valence-electron chi connectivity index (χ2n) is 6.61. The van der Waals surface area contributed by atoms with Crippen LogP contribution in [0.1, 0.15) is 12.5 Å². The molecule has 0 aliphatic rings. The van der Waals surface area contributed by atoms with Gasteiger partial charge >= 0.3 is 17.8 Å². The van der Waals surface area contributed by atoms with Crippen LogP contribution in [0.5, 0.6) is 17.2 Å². The average Bonchev–Trinajstić information content (AvgIpc) is 2.72. The standard InChI is InChI=1S/C19H18ClF3NO8P/c1-11(33(3,28)30-10-18(25)29-2)31-17-9-13(5-6-15(17)24(26)27)32-16-7-4-12(8-14(16)20)19(21,22)23/h4-9,11H,10H2,1-3H3. The van der Waals surface area contributed by atoms with Crippen LogP contribution in [0.25, 0.3) is 0 Å². The number of nitro groups is 1. The van der Waals surface area contributed by atoms with Crippen LogP contribution in [0, 0.1) is 10.1 Å². The number of ether oxygens (including phenoxy) is 3. The second kappa shape index (κ2) is 10.4. The van der Waals surface area contributed by atoms with Gasteiger partial charge in [0, 0.05) is 18.8 Å². The fraction of sp³-hybridized carbons (Fsp3) is 0.316. The lowest BCUT2D eigenvalue weighted by Gasteiger charge is -2.22. The third-order valence-corrected chi connectivity index (χ3v) is 6.60. The van der Waals surface area contributed by atoms with Crippen molar-refractivity contribution in [2.75, 3.05) is 20.4 Å². The molecule has 0 radical (unpaired) electrons. The van der Waals surface area contributed by atoms with Crippen LogP contribution in [-0.2, 0) is 24.8 Å². The number of rotatable bonds is 9. The number of hydrogen-bond donors (Lipinski definition) is 0. The van der Waals surface area contributed by atoms with Gasteiger partial charge in [0.25, 0.3) is 0 Å². The van der Waals surface area contributed by atoms with E-state index in [1.807, 2.05) is 0 Å². The van der Waals surface area contributed by atoms with E-state index in [1.165, 1.54) is 19.7 Å². The van der Waals surface area contributed by atoms with Crippen molar-refractivity contribution < 1.29 is 46.2 Å². The minimum Gasteiger partial charge on any atom is -0.473 e. The maximum atomic E-state index is 12.8. The van der Waals surface area contributed by atoms with E-state index in [-0.39, 0.29) is 22.3 Å². The molecule has 2 unspecified atom stereocenters. The average molecular weight is 512 g/mol. The van der Waals surface area contributed by atoms with E-state index in [0.29, 0.717) is 6.07 Å². The Morgan fingerprint density at radius 1 is 1.21 bits per heavy atom. The number of hydrogen-bond acceptors (Lipinski definition) is 8. The van der Waals surface area contributed by atoms with Gasteiger partial charge in [-0.3, -0.25) is 14.7 Å². The summed E-state index contributed by atoms with van der Waals surface area (Å²) < 4.78 is 71.4. The van der Waals surface area contributed by atoms with Crippen molar-refractivity contribution in [2.24, 2.45) is 0 Å². The second-order valence-corrected chi connectivity index (χ2v) is 9.82. The van der Waals surface area contributed by atoms with Crippen LogP contribution in [-0.4, -0.2) is 37.1 Å². The Bertz CT molecular complexity index is 1100. The molecule has 0 aliphatic carbocycles. The van der Waals surface area contributed by atoms with Crippen LogP contribution in [0.4, 0.5) is 18.9 Å². The number of methoxy groups -OCH3 is 1. The number of halogens is 4. The van der Waals surface area contributed by atoms with Crippen molar-refractivity contribution >= 4 is 30.6 Å². The van der Waals surface area contributed by atoms with Crippen LogP contribution >= 0.6 is 19.0 Å². The Balaban J connectivity index is 2.29. The monoisotopic (exact) mass is 511 g/mol. The smallest absolute Gasteiger partial charge is 0.416 e. The van der Waals surface area contributed by atoms with Crippen molar-refractivity contribution in [2.45, 2.75) is 18.9 Å². The van der Waals surface area contributed by atoms with Crippen molar-refractivity contribution in [1.82, 2.24) is 0 Å². The number of esters is 1. The van der Waals surface area contributed by atoms with Crippen LogP contribution in [0.3, 0.4) is 0 Å². The van der Waals surface area contributed by atoms with Gasteiger partial charge in [-0.05, 0) is 31.2 Å². The number of carbonyl (C=O) groups excluding carboxylic acids is 1. The molecule has 14 heteroatoms. The van der Waals surface area contributed by atoms with Crippen LogP contribution in [0.2, 0.25) is 5.02 Å². The molecule has 2 atom stereocenters. The summed E-state index contributed by atoms with van der Waals surface area (Å²) in [5, 5.41) is 11.0. The van der Waals surface area contributed by atoms with E-state index in [1.54, 1.807) is 0 Å². The Morgan fingerprint density at radius 2 is 1.88 bits per heavy atom. The summed E-state index contributed by atoms with van der Waals surface area (Å²) in [6.07, 6.45) is -4.60. The van der Waals surface area contributed by atoms with Gasteiger partial charge in [-0.1, -0.05) is 11.6 Å². The summed E-state index contributed by atoms with van der Waals surface area (Å²) in [4.78, 5) is 21.8. The molecule has 180 valence electrons. The van der Waals surface area contributed by atoms with E-state index in [4.69, 9.17) is 25.6 Å². The molecule has 0 saturated heterocycles. The summed E-state index contributed by atoms with van der Waals surface area (Å²) in [6.45, 7) is 1.88. The minimum absolute atomic E-state index is 0.0501. The highest BCUT2D eigenvalue weighted by Crippen LogP contribution is 2.49. The molecule has 2 aromatic carbocycles. The number of nitro benzene ring substituents is 1. The van der Waals surface area contributed by atoms with Crippen molar-refractivity contribution in [3.05, 3.63) is 57.1 Å². The molecule has 0 bridgehead atoms. The maximum absolute atomic E-state index is 12.8. The quantitative estimate of drug-likeness (QED) is 0.177. The first-order valence-electron chi connectivity index (χ1n) is 9.03. The predicted molar refractivity (Wildman–Crippen MR) is 111 cm³/mol. The van der Waals surface area contributed by atoms with Gasteiger partial charge in [-0.15, -0.1) is 0 Å². The van der Waals surface area contributed by atoms with Crippen LogP contribution < -0.4 is 9.47 Å². The number of nitrogens with zero attached hydrogens (tertiary/aromatic N) is 1. The van der Waals surface area contributed by atoms with Crippen molar-refractivity contribution in [3.63, 3.8) is 0 Å². The first-order valence-corrected chi connectivity index (χ1v) is 11.5. The zero-order chi connectivity index (χ0) is 25.0. The van der Waals surface area contributed by atoms with Gasteiger partial charge in [0.05, 0.1) is 22.6 Å². The third kappa shape index (κ3) is 7.08. The molecule has 0 fully saturated rings. The summed E-state index contributed by atoms with van der Waals surface area (Å²) in [5.41, 5.74) is -1.48. The molecular weight excluding hydrogens is 494 g/mol. The molecule has 2 rings (SSSR count). The Labute approximate surface area is 190 Å². The molecule has 9 nitrogen and oxygen atoms in total. The van der Waals surface area contributed by atoms with Gasteiger partial charge in [0.2, 0.25) is 13.1 Å². The summed E-state index contributed by atoms with van der Waals surface area (Å²) in [7, 11) is -2.48. The zero-order valence-corrected chi connectivity index (χ0v) is 19.1. The molecule has 0 saturated carbocycles. The van der Waals surface area contributed by atoms with E-state index in [2.05, 4.69) is 4.74 Å². The van der Waals surface area contributed by atoms with Gasteiger partial charge in [0.15, 0.2) is 12.5 Å². The molecule has 33 heavy (non-hydrogen) atoms. The molecule has 0 aromatic heterocycles. The number of alkyl halides is 3. The number of benzene rings is 2. The molecule has 0 N–H and O–H groups in total. The SMILES string of the molecule is COC(=O)COP(C)(=O)C(C)Oc1cc(Oc2ccc(C(F)(F)F)cc2Cl)ccc1[N+](=O)[O-]. The summed E-state index contributed by atoms with van der Waals surface area (Å²) in [5.74, 6) is -2.53. The highest BCUT2D eigenvalue weighted by molar-refractivity contribution is 7.58. The van der Waals surface area contributed by atoms with E-state index in [0.717, 1.165) is 31.4 Å². The van der Waals surface area contributed by atoms with Crippen molar-refractivity contribution in [1.29, 1.82) is 0 Å². The van der Waals surface area contributed by atoms with E-state index in [9.17, 15) is 32.6 Å². The van der Waals surface area contributed by atoms with Gasteiger partial charge in [-0.25, -0.2) is 4.79 Å². The fourth-order valence-electron chi connectivity index (χ4n) is 2.31.